The van der Waals surface area contributed by atoms with E-state index in [1.54, 1.807) is 0 Å². The van der Waals surface area contributed by atoms with Crippen molar-refractivity contribution in [3.05, 3.63) is 65.5 Å². The Bertz CT molecular complexity index is 547. The molecule has 0 saturated heterocycles. The maximum absolute atomic E-state index is 10.5. The lowest BCUT2D eigenvalue weighted by molar-refractivity contribution is -0.673. The van der Waals surface area contributed by atoms with E-state index < -0.39 is 0 Å². The van der Waals surface area contributed by atoms with Crippen molar-refractivity contribution in [2.24, 2.45) is 7.05 Å². The highest BCUT2D eigenvalue weighted by atomic mass is 127. The number of hydrogen-bond acceptors (Lipinski definition) is 1. The summed E-state index contributed by atoms with van der Waals surface area (Å²) in [6.07, 6.45) is 6.94. The maximum atomic E-state index is 10.5. The quantitative estimate of drug-likeness (QED) is 0.415. The Morgan fingerprint density at radius 2 is 1.61 bits per heavy atom. The topological polar surface area (TPSA) is 20.9 Å². The minimum Gasteiger partial charge on any atom is -1.00 e. The Kier molecular flexibility index (Phi) is 5.71. The van der Waals surface area contributed by atoms with E-state index in [2.05, 4.69) is 16.7 Å². The van der Waals surface area contributed by atoms with Crippen molar-refractivity contribution >= 4 is 18.4 Å². The zero-order valence-electron chi connectivity index (χ0n) is 10.1. The standard InChI is InChI=1S/C15H14NO.HI/c1-16-11-3-2-4-15(16)10-9-13-5-7-14(12-17)8-6-13;/h2-12H,1H3;1H/q+1;/p-1/b10-9+;. The number of carbonyl (C=O) groups is 1. The first-order chi connectivity index (χ1) is 8.29. The molecule has 0 radical (unpaired) electrons. The molecule has 0 N–H and O–H groups in total. The van der Waals surface area contributed by atoms with Gasteiger partial charge < -0.3 is 24.0 Å². The van der Waals surface area contributed by atoms with Crippen molar-refractivity contribution in [3.8, 4) is 0 Å². The molecule has 92 valence electrons. The highest BCUT2D eigenvalue weighted by molar-refractivity contribution is 5.76. The lowest BCUT2D eigenvalue weighted by Crippen LogP contribution is -3.00. The van der Waals surface area contributed by atoms with Crippen LogP contribution in [0.25, 0.3) is 12.2 Å². The van der Waals surface area contributed by atoms with Crippen LogP contribution in [0.5, 0.6) is 0 Å². The second-order valence-electron chi connectivity index (χ2n) is 3.85. The molecule has 3 heteroatoms. The number of halogens is 1. The third kappa shape index (κ3) is 3.77. The van der Waals surface area contributed by atoms with Crippen LogP contribution >= 0.6 is 0 Å². The van der Waals surface area contributed by atoms with Gasteiger partial charge in [-0.15, -0.1) is 0 Å². The van der Waals surface area contributed by atoms with E-state index in [-0.39, 0.29) is 24.0 Å². The molecule has 2 aromatic rings. The highest BCUT2D eigenvalue weighted by Gasteiger charge is 1.98. The van der Waals surface area contributed by atoms with Crippen LogP contribution < -0.4 is 28.5 Å². The number of aromatic nitrogens is 1. The molecule has 0 atom stereocenters. The van der Waals surface area contributed by atoms with Crippen molar-refractivity contribution in [1.29, 1.82) is 0 Å². The predicted octanol–water partition coefficient (Wildman–Crippen LogP) is -0.502. The molecule has 0 bridgehead atoms. The van der Waals surface area contributed by atoms with Crippen molar-refractivity contribution in [1.82, 2.24) is 0 Å². The zero-order valence-corrected chi connectivity index (χ0v) is 12.2. The first kappa shape index (κ1) is 14.6. The van der Waals surface area contributed by atoms with Crippen molar-refractivity contribution in [2.75, 3.05) is 0 Å². The van der Waals surface area contributed by atoms with E-state index in [9.17, 15) is 4.79 Å². The molecule has 0 unspecified atom stereocenters. The molecule has 0 aliphatic rings. The largest absolute Gasteiger partial charge is 1.00 e. The molecule has 0 spiro atoms. The Balaban J connectivity index is 0.00000162. The minimum absolute atomic E-state index is 0. The number of aldehydes is 1. The van der Waals surface area contributed by atoms with Gasteiger partial charge in [0.05, 0.1) is 0 Å². The van der Waals surface area contributed by atoms with Gasteiger partial charge >= 0.3 is 0 Å². The Hall–Kier alpha value is -1.49. The van der Waals surface area contributed by atoms with Crippen LogP contribution in [0.15, 0.2) is 48.7 Å². The molecule has 2 rings (SSSR count). The van der Waals surface area contributed by atoms with Gasteiger partial charge in [-0.25, -0.2) is 4.57 Å². The summed E-state index contributed by atoms with van der Waals surface area (Å²) < 4.78 is 2.05. The first-order valence-electron chi connectivity index (χ1n) is 5.47. The van der Waals surface area contributed by atoms with Crippen LogP contribution in [-0.4, -0.2) is 6.29 Å². The van der Waals surface area contributed by atoms with Gasteiger partial charge in [0.25, 0.3) is 0 Å². The van der Waals surface area contributed by atoms with E-state index in [4.69, 9.17) is 0 Å². The molecule has 0 aliphatic heterocycles. The molecular formula is C15H14INO. The number of carbonyl (C=O) groups excluding carboxylic acids is 1. The lowest BCUT2D eigenvalue weighted by Gasteiger charge is -1.94. The summed E-state index contributed by atoms with van der Waals surface area (Å²) >= 11 is 0. The number of aryl methyl sites for hydroxylation is 1. The van der Waals surface area contributed by atoms with Crippen molar-refractivity contribution in [3.63, 3.8) is 0 Å². The second-order valence-corrected chi connectivity index (χ2v) is 3.85. The fourth-order valence-corrected chi connectivity index (χ4v) is 1.58. The van der Waals surface area contributed by atoms with Crippen molar-refractivity contribution < 1.29 is 33.3 Å². The van der Waals surface area contributed by atoms with Crippen LogP contribution in [0.4, 0.5) is 0 Å². The molecule has 18 heavy (non-hydrogen) atoms. The van der Waals surface area contributed by atoms with Gasteiger partial charge in [-0.05, 0) is 17.7 Å². The molecule has 2 nitrogen and oxygen atoms in total. The Morgan fingerprint density at radius 1 is 0.944 bits per heavy atom. The average molecular weight is 351 g/mol. The third-order valence-corrected chi connectivity index (χ3v) is 2.61. The number of benzene rings is 1. The highest BCUT2D eigenvalue weighted by Crippen LogP contribution is 2.06. The minimum atomic E-state index is 0. The third-order valence-electron chi connectivity index (χ3n) is 2.61. The monoisotopic (exact) mass is 351 g/mol. The average Bonchev–Trinajstić information content (AvgIpc) is 2.38. The number of rotatable bonds is 3. The normalized spacial score (nSPS) is 10.1. The second kappa shape index (κ2) is 7.06. The van der Waals surface area contributed by atoms with E-state index >= 15 is 0 Å². The number of pyridine rings is 1. The zero-order chi connectivity index (χ0) is 12.1. The number of hydrogen-bond donors (Lipinski definition) is 0. The summed E-state index contributed by atoms with van der Waals surface area (Å²) in [6, 6.07) is 13.6. The Labute approximate surface area is 124 Å². The fraction of sp³-hybridized carbons (Fsp3) is 0.0667. The molecular weight excluding hydrogens is 337 g/mol. The fourth-order valence-electron chi connectivity index (χ4n) is 1.58. The Morgan fingerprint density at radius 3 is 2.22 bits per heavy atom. The van der Waals surface area contributed by atoms with E-state index in [0.717, 1.165) is 17.5 Å². The van der Waals surface area contributed by atoms with E-state index in [1.807, 2.05) is 55.7 Å². The van der Waals surface area contributed by atoms with Gasteiger partial charge in [0.15, 0.2) is 6.20 Å². The smallest absolute Gasteiger partial charge is 0.204 e. The van der Waals surface area contributed by atoms with Crippen LogP contribution in [0, 0.1) is 0 Å². The first-order valence-corrected chi connectivity index (χ1v) is 5.47. The van der Waals surface area contributed by atoms with Gasteiger partial charge in [-0.2, -0.15) is 0 Å². The van der Waals surface area contributed by atoms with Crippen LogP contribution in [0.3, 0.4) is 0 Å². The summed E-state index contributed by atoms with van der Waals surface area (Å²) in [4.78, 5) is 10.5. The summed E-state index contributed by atoms with van der Waals surface area (Å²) in [5.74, 6) is 0. The molecule has 1 heterocycles. The van der Waals surface area contributed by atoms with Gasteiger partial charge in [0, 0.05) is 23.8 Å². The predicted molar refractivity (Wildman–Crippen MR) is 68.4 cm³/mol. The molecule has 0 amide bonds. The lowest BCUT2D eigenvalue weighted by atomic mass is 10.1. The molecule has 0 fully saturated rings. The SMILES string of the molecule is C[n+]1ccccc1/C=C/c1ccc(C=O)cc1.[I-]. The molecule has 1 aromatic heterocycles. The van der Waals surface area contributed by atoms with Gasteiger partial charge in [-0.3, -0.25) is 4.79 Å². The summed E-state index contributed by atoms with van der Waals surface area (Å²) in [6.45, 7) is 0. The van der Waals surface area contributed by atoms with E-state index in [0.29, 0.717) is 5.56 Å². The van der Waals surface area contributed by atoms with Gasteiger partial charge in [0.1, 0.15) is 13.3 Å². The van der Waals surface area contributed by atoms with Crippen LogP contribution in [-0.2, 0) is 7.05 Å². The number of nitrogens with zero attached hydrogens (tertiary/aromatic N) is 1. The summed E-state index contributed by atoms with van der Waals surface area (Å²) in [7, 11) is 2.01. The van der Waals surface area contributed by atoms with Gasteiger partial charge in [-0.1, -0.05) is 24.3 Å². The van der Waals surface area contributed by atoms with Gasteiger partial charge in [0.2, 0.25) is 5.69 Å². The van der Waals surface area contributed by atoms with Crippen molar-refractivity contribution in [2.45, 2.75) is 0 Å². The van der Waals surface area contributed by atoms with Crippen LogP contribution in [0.1, 0.15) is 21.6 Å². The summed E-state index contributed by atoms with van der Waals surface area (Å²) in [5, 5.41) is 0. The molecule has 0 saturated carbocycles. The maximum Gasteiger partial charge on any atom is 0.204 e. The van der Waals surface area contributed by atoms with E-state index in [1.165, 1.54) is 0 Å². The molecule has 1 aromatic carbocycles. The van der Waals surface area contributed by atoms with Crippen LogP contribution in [0.2, 0.25) is 0 Å². The molecule has 0 aliphatic carbocycles. The summed E-state index contributed by atoms with van der Waals surface area (Å²) in [5.41, 5.74) is 2.92.